The highest BCUT2D eigenvalue weighted by Gasteiger charge is 2.43. The summed E-state index contributed by atoms with van der Waals surface area (Å²) in [6.07, 6.45) is 5.48. The fraction of sp³-hybridized carbons (Fsp3) is 0.481. The van der Waals surface area contributed by atoms with E-state index in [4.69, 9.17) is 9.47 Å². The van der Waals surface area contributed by atoms with Gasteiger partial charge < -0.3 is 9.47 Å². The first-order valence-corrected chi connectivity index (χ1v) is 11.1. The molecule has 1 heterocycles. The Morgan fingerprint density at radius 1 is 0.966 bits per heavy atom. The van der Waals surface area contributed by atoms with Crippen LogP contribution in [0.1, 0.15) is 44.7 Å². The number of aryl methyl sites for hydroxylation is 1. The molecule has 2 aromatic carbocycles. The third kappa shape index (κ3) is 5.81. The molecule has 6 atom stereocenters. The van der Waals surface area contributed by atoms with Crippen LogP contribution in [0.5, 0.6) is 0 Å². The summed E-state index contributed by atoms with van der Waals surface area (Å²) < 4.78 is 13.1. The van der Waals surface area contributed by atoms with Crippen LogP contribution in [0.15, 0.2) is 73.3 Å². The Balaban J connectivity index is 1.63. The van der Waals surface area contributed by atoms with E-state index in [0.29, 0.717) is 24.4 Å². The van der Waals surface area contributed by atoms with E-state index in [9.17, 15) is 0 Å². The lowest BCUT2D eigenvalue weighted by Gasteiger charge is -2.46. The lowest BCUT2D eigenvalue weighted by Crippen LogP contribution is -2.52. The molecule has 2 unspecified atom stereocenters. The molecule has 0 radical (unpaired) electrons. The first-order valence-electron chi connectivity index (χ1n) is 11.1. The molecule has 2 aromatic rings. The van der Waals surface area contributed by atoms with Crippen molar-refractivity contribution in [1.29, 1.82) is 0 Å². The van der Waals surface area contributed by atoms with Gasteiger partial charge in [0.15, 0.2) is 0 Å². The molecule has 0 saturated carbocycles. The van der Waals surface area contributed by atoms with E-state index in [-0.39, 0.29) is 18.3 Å². The SMILES string of the molecule is C=CC[C@H]1OC([C@H](C)CCc2ccccc2)[C@@H](C)[C@H](C)C1OCc1ccccc1. The predicted octanol–water partition coefficient (Wildman–Crippen LogP) is 6.46. The summed E-state index contributed by atoms with van der Waals surface area (Å²) in [5.74, 6) is 1.42. The Kier molecular flexibility index (Phi) is 8.09. The highest BCUT2D eigenvalue weighted by molar-refractivity contribution is 5.15. The van der Waals surface area contributed by atoms with Gasteiger partial charge in [0.1, 0.15) is 0 Å². The van der Waals surface area contributed by atoms with E-state index in [2.05, 4.69) is 81.9 Å². The highest BCUT2D eigenvalue weighted by Crippen LogP contribution is 2.38. The number of hydrogen-bond acceptors (Lipinski definition) is 2. The summed E-state index contributed by atoms with van der Waals surface area (Å²) >= 11 is 0. The molecule has 0 amide bonds. The summed E-state index contributed by atoms with van der Waals surface area (Å²) in [7, 11) is 0. The van der Waals surface area contributed by atoms with Gasteiger partial charge in [-0.15, -0.1) is 6.58 Å². The summed E-state index contributed by atoms with van der Waals surface area (Å²) in [5, 5.41) is 0. The predicted molar refractivity (Wildman–Crippen MR) is 121 cm³/mol. The first-order chi connectivity index (χ1) is 14.1. The second kappa shape index (κ2) is 10.8. The number of ether oxygens (including phenoxy) is 2. The van der Waals surface area contributed by atoms with Crippen LogP contribution in [-0.4, -0.2) is 18.3 Å². The standard InChI is InChI=1S/C27H36O2/c1-5-12-25-27(28-19-24-15-10-7-11-16-24)22(4)21(3)26(29-25)20(2)17-18-23-13-8-6-9-14-23/h5-11,13-16,20-22,25-27H,1,12,17-19H2,2-4H3/t20-,21+,22+,25-,26?,27?/m1/s1. The second-order valence-electron chi connectivity index (χ2n) is 8.64. The normalized spacial score (nSPS) is 28.0. The van der Waals surface area contributed by atoms with Gasteiger partial charge in [-0.1, -0.05) is 87.5 Å². The maximum atomic E-state index is 6.66. The van der Waals surface area contributed by atoms with E-state index < -0.39 is 0 Å². The molecule has 1 aliphatic rings. The van der Waals surface area contributed by atoms with Crippen LogP contribution < -0.4 is 0 Å². The van der Waals surface area contributed by atoms with Crippen molar-refractivity contribution in [1.82, 2.24) is 0 Å². The number of rotatable bonds is 9. The minimum atomic E-state index is 0.0755. The second-order valence-corrected chi connectivity index (χ2v) is 8.64. The van der Waals surface area contributed by atoms with Gasteiger partial charge in [0, 0.05) is 0 Å². The van der Waals surface area contributed by atoms with Crippen LogP contribution in [0.2, 0.25) is 0 Å². The fourth-order valence-electron chi connectivity index (χ4n) is 4.58. The van der Waals surface area contributed by atoms with Gasteiger partial charge in [-0.3, -0.25) is 0 Å². The molecule has 1 fully saturated rings. The van der Waals surface area contributed by atoms with Crippen molar-refractivity contribution in [3.05, 3.63) is 84.4 Å². The van der Waals surface area contributed by atoms with Gasteiger partial charge in [0.25, 0.3) is 0 Å². The maximum Gasteiger partial charge on any atom is 0.0877 e. The topological polar surface area (TPSA) is 18.5 Å². The van der Waals surface area contributed by atoms with E-state index in [1.165, 1.54) is 11.1 Å². The van der Waals surface area contributed by atoms with Crippen LogP contribution in [0.3, 0.4) is 0 Å². The summed E-state index contributed by atoms with van der Waals surface area (Å²) in [4.78, 5) is 0. The quantitative estimate of drug-likeness (QED) is 0.456. The van der Waals surface area contributed by atoms with Crippen LogP contribution in [0.25, 0.3) is 0 Å². The van der Waals surface area contributed by atoms with Crippen LogP contribution >= 0.6 is 0 Å². The average molecular weight is 393 g/mol. The molecule has 1 aliphatic heterocycles. The Morgan fingerprint density at radius 2 is 1.59 bits per heavy atom. The lowest BCUT2D eigenvalue weighted by atomic mass is 9.75. The lowest BCUT2D eigenvalue weighted by molar-refractivity contribution is -0.201. The Bertz CT molecular complexity index is 727. The molecule has 156 valence electrons. The summed E-state index contributed by atoms with van der Waals surface area (Å²) in [5.41, 5.74) is 2.62. The fourth-order valence-corrected chi connectivity index (χ4v) is 4.58. The molecule has 2 nitrogen and oxygen atoms in total. The number of benzene rings is 2. The van der Waals surface area contributed by atoms with Crippen molar-refractivity contribution >= 4 is 0 Å². The molecule has 1 saturated heterocycles. The van der Waals surface area contributed by atoms with Gasteiger partial charge >= 0.3 is 0 Å². The van der Waals surface area contributed by atoms with Gasteiger partial charge in [-0.2, -0.15) is 0 Å². The zero-order valence-corrected chi connectivity index (χ0v) is 18.2. The minimum absolute atomic E-state index is 0.0755. The van der Waals surface area contributed by atoms with E-state index >= 15 is 0 Å². The minimum Gasteiger partial charge on any atom is -0.371 e. The van der Waals surface area contributed by atoms with Gasteiger partial charge in [0.2, 0.25) is 0 Å². The molecular formula is C27H36O2. The average Bonchev–Trinajstić information content (AvgIpc) is 2.76. The zero-order valence-electron chi connectivity index (χ0n) is 18.2. The van der Waals surface area contributed by atoms with Crippen LogP contribution in [-0.2, 0) is 22.5 Å². The summed E-state index contributed by atoms with van der Waals surface area (Å²) in [6, 6.07) is 21.2. The molecule has 0 N–H and O–H groups in total. The molecule has 2 heteroatoms. The summed E-state index contributed by atoms with van der Waals surface area (Å²) in [6.45, 7) is 11.6. The van der Waals surface area contributed by atoms with Gasteiger partial charge in [0.05, 0.1) is 24.9 Å². The first kappa shape index (κ1) is 21.8. The molecular weight excluding hydrogens is 356 g/mol. The third-order valence-corrected chi connectivity index (χ3v) is 6.54. The molecule has 29 heavy (non-hydrogen) atoms. The molecule has 0 spiro atoms. The smallest absolute Gasteiger partial charge is 0.0877 e. The van der Waals surface area contributed by atoms with Crippen LogP contribution in [0.4, 0.5) is 0 Å². The Morgan fingerprint density at radius 3 is 2.21 bits per heavy atom. The monoisotopic (exact) mass is 392 g/mol. The maximum absolute atomic E-state index is 6.66. The largest absolute Gasteiger partial charge is 0.371 e. The highest BCUT2D eigenvalue weighted by atomic mass is 16.6. The van der Waals surface area contributed by atoms with Crippen molar-refractivity contribution in [3.8, 4) is 0 Å². The van der Waals surface area contributed by atoms with E-state index in [1.807, 2.05) is 12.1 Å². The van der Waals surface area contributed by atoms with Crippen molar-refractivity contribution in [2.75, 3.05) is 0 Å². The molecule has 0 aliphatic carbocycles. The Labute approximate surface area is 176 Å². The van der Waals surface area contributed by atoms with Crippen molar-refractivity contribution in [2.45, 2.75) is 65.0 Å². The van der Waals surface area contributed by atoms with Gasteiger partial charge in [-0.25, -0.2) is 0 Å². The zero-order chi connectivity index (χ0) is 20.6. The molecule has 3 rings (SSSR count). The molecule has 0 bridgehead atoms. The molecule has 0 aromatic heterocycles. The van der Waals surface area contributed by atoms with E-state index in [0.717, 1.165) is 19.3 Å². The van der Waals surface area contributed by atoms with Crippen LogP contribution in [0, 0.1) is 17.8 Å². The van der Waals surface area contributed by atoms with Crippen molar-refractivity contribution < 1.29 is 9.47 Å². The number of hydrogen-bond donors (Lipinski definition) is 0. The van der Waals surface area contributed by atoms with E-state index in [1.54, 1.807) is 0 Å². The van der Waals surface area contributed by atoms with Crippen molar-refractivity contribution in [2.24, 2.45) is 17.8 Å². The Hall–Kier alpha value is -1.90. The third-order valence-electron chi connectivity index (χ3n) is 6.54. The van der Waals surface area contributed by atoms with Crippen molar-refractivity contribution in [3.63, 3.8) is 0 Å². The van der Waals surface area contributed by atoms with Gasteiger partial charge in [-0.05, 0) is 48.1 Å².